The highest BCUT2D eigenvalue weighted by Gasteiger charge is 2.18. The molecule has 106 valence electrons. The monoisotopic (exact) mass is 281 g/mol. The Morgan fingerprint density at radius 1 is 1.37 bits per heavy atom. The van der Waals surface area contributed by atoms with Gasteiger partial charge in [0.25, 0.3) is 0 Å². The lowest BCUT2D eigenvalue weighted by molar-refractivity contribution is 0.210. The zero-order valence-corrected chi connectivity index (χ0v) is 12.7. The quantitative estimate of drug-likeness (QED) is 0.814. The summed E-state index contributed by atoms with van der Waals surface area (Å²) in [6, 6.07) is 6.49. The molecule has 1 atom stereocenters. The van der Waals surface area contributed by atoms with Crippen LogP contribution in [0.15, 0.2) is 18.2 Å². The predicted octanol–water partition coefficient (Wildman–Crippen LogP) is 4.72. The molecule has 3 heteroatoms. The highest BCUT2D eigenvalue weighted by atomic mass is 35.5. The van der Waals surface area contributed by atoms with Crippen molar-refractivity contribution in [2.45, 2.75) is 58.1 Å². The van der Waals surface area contributed by atoms with E-state index in [4.69, 9.17) is 16.3 Å². The lowest BCUT2D eigenvalue weighted by Crippen LogP contribution is -2.19. The van der Waals surface area contributed by atoms with E-state index in [-0.39, 0.29) is 0 Å². The maximum atomic E-state index is 6.33. The number of ether oxygens (including phenoxy) is 1. The van der Waals surface area contributed by atoms with Gasteiger partial charge in [0.15, 0.2) is 0 Å². The van der Waals surface area contributed by atoms with Crippen molar-refractivity contribution in [3.8, 4) is 5.75 Å². The lowest BCUT2D eigenvalue weighted by atomic mass is 10.1. The molecule has 19 heavy (non-hydrogen) atoms. The number of rotatable bonds is 6. The van der Waals surface area contributed by atoms with Gasteiger partial charge in [0.1, 0.15) is 5.75 Å². The van der Waals surface area contributed by atoms with Crippen LogP contribution in [0.25, 0.3) is 0 Å². The molecule has 1 aromatic carbocycles. The summed E-state index contributed by atoms with van der Waals surface area (Å²) in [6.07, 6.45) is 6.37. The van der Waals surface area contributed by atoms with Crippen molar-refractivity contribution in [3.05, 3.63) is 28.8 Å². The van der Waals surface area contributed by atoms with Gasteiger partial charge in [-0.1, -0.05) is 24.6 Å². The minimum absolute atomic E-state index is 0.331. The van der Waals surface area contributed by atoms with Crippen molar-refractivity contribution in [2.24, 2.45) is 0 Å². The molecule has 1 aromatic rings. The fourth-order valence-corrected chi connectivity index (χ4v) is 2.78. The van der Waals surface area contributed by atoms with Crippen LogP contribution in [-0.4, -0.2) is 12.6 Å². The van der Waals surface area contributed by atoms with Crippen molar-refractivity contribution < 1.29 is 4.74 Å². The molecule has 0 radical (unpaired) electrons. The third-order valence-corrected chi connectivity index (χ3v) is 4.05. The van der Waals surface area contributed by atoms with Crippen molar-refractivity contribution >= 4 is 11.6 Å². The molecule has 0 saturated heterocycles. The third kappa shape index (κ3) is 4.12. The van der Waals surface area contributed by atoms with E-state index in [1.807, 2.05) is 12.1 Å². The first kappa shape index (κ1) is 14.7. The molecule has 2 rings (SSSR count). The zero-order chi connectivity index (χ0) is 13.7. The van der Waals surface area contributed by atoms with Gasteiger partial charge in [-0.2, -0.15) is 0 Å². The summed E-state index contributed by atoms with van der Waals surface area (Å²) in [7, 11) is 0. The number of hydrogen-bond donors (Lipinski definition) is 1. The minimum atomic E-state index is 0.331. The molecule has 0 aliphatic heterocycles. The highest BCUT2D eigenvalue weighted by molar-refractivity contribution is 6.32. The van der Waals surface area contributed by atoms with Gasteiger partial charge in [0.2, 0.25) is 0 Å². The van der Waals surface area contributed by atoms with E-state index in [1.54, 1.807) is 0 Å². The number of halogens is 1. The summed E-state index contributed by atoms with van der Waals surface area (Å²) < 4.78 is 5.97. The number of benzene rings is 1. The molecule has 0 heterocycles. The Morgan fingerprint density at radius 2 is 2.11 bits per heavy atom. The smallest absolute Gasteiger partial charge is 0.138 e. The molecular weight excluding hydrogens is 258 g/mol. The van der Waals surface area contributed by atoms with Gasteiger partial charge in [0, 0.05) is 6.04 Å². The number of hydrogen-bond acceptors (Lipinski definition) is 2. The molecule has 0 bridgehead atoms. The van der Waals surface area contributed by atoms with E-state index in [9.17, 15) is 0 Å². The molecule has 1 N–H and O–H groups in total. The van der Waals surface area contributed by atoms with Crippen molar-refractivity contribution in [1.29, 1.82) is 0 Å². The first-order chi connectivity index (χ1) is 9.20. The molecule has 1 fully saturated rings. The summed E-state index contributed by atoms with van der Waals surface area (Å²) in [5, 5.41) is 4.20. The molecule has 1 aliphatic carbocycles. The first-order valence-electron chi connectivity index (χ1n) is 7.40. The summed E-state index contributed by atoms with van der Waals surface area (Å²) in [5.41, 5.74) is 1.22. The Balaban J connectivity index is 1.99. The number of nitrogens with one attached hydrogen (secondary N) is 1. The predicted molar refractivity (Wildman–Crippen MR) is 81.0 cm³/mol. The maximum Gasteiger partial charge on any atom is 0.138 e. The molecular formula is C16H24ClNO. The second kappa shape index (κ2) is 7.16. The lowest BCUT2D eigenvalue weighted by Gasteiger charge is -2.17. The van der Waals surface area contributed by atoms with Crippen LogP contribution in [0, 0.1) is 0 Å². The van der Waals surface area contributed by atoms with Crippen LogP contribution in [0.1, 0.15) is 57.6 Å². The fraction of sp³-hybridized carbons (Fsp3) is 0.625. The van der Waals surface area contributed by atoms with Crippen molar-refractivity contribution in [3.63, 3.8) is 0 Å². The Hall–Kier alpha value is -0.730. The van der Waals surface area contributed by atoms with E-state index in [0.717, 1.165) is 36.6 Å². The van der Waals surface area contributed by atoms with Crippen LogP contribution in [0.3, 0.4) is 0 Å². The van der Waals surface area contributed by atoms with Crippen LogP contribution in [0.2, 0.25) is 5.02 Å². The second-order valence-corrected chi connectivity index (χ2v) is 5.80. The third-order valence-electron chi connectivity index (χ3n) is 3.75. The van der Waals surface area contributed by atoms with Gasteiger partial charge in [-0.25, -0.2) is 0 Å². The van der Waals surface area contributed by atoms with Crippen LogP contribution < -0.4 is 10.1 Å². The second-order valence-electron chi connectivity index (χ2n) is 5.39. The van der Waals surface area contributed by atoms with E-state index in [1.165, 1.54) is 18.4 Å². The molecule has 0 spiro atoms. The SMILES string of the molecule is CCCNC(C)c1ccc(OC2CCCC2)c(Cl)c1. The van der Waals surface area contributed by atoms with Gasteiger partial charge < -0.3 is 10.1 Å². The van der Waals surface area contributed by atoms with E-state index in [2.05, 4.69) is 25.2 Å². The molecule has 1 saturated carbocycles. The van der Waals surface area contributed by atoms with Crippen LogP contribution in [0.5, 0.6) is 5.75 Å². The van der Waals surface area contributed by atoms with Crippen LogP contribution in [0.4, 0.5) is 0 Å². The molecule has 0 aromatic heterocycles. The van der Waals surface area contributed by atoms with Gasteiger partial charge in [-0.3, -0.25) is 0 Å². The molecule has 1 aliphatic rings. The van der Waals surface area contributed by atoms with Gasteiger partial charge >= 0.3 is 0 Å². The van der Waals surface area contributed by atoms with Crippen LogP contribution in [-0.2, 0) is 0 Å². The zero-order valence-electron chi connectivity index (χ0n) is 11.9. The minimum Gasteiger partial charge on any atom is -0.489 e. The van der Waals surface area contributed by atoms with Crippen molar-refractivity contribution in [1.82, 2.24) is 5.32 Å². The summed E-state index contributed by atoms with van der Waals surface area (Å²) >= 11 is 6.33. The average molecular weight is 282 g/mol. The Morgan fingerprint density at radius 3 is 2.74 bits per heavy atom. The van der Waals surface area contributed by atoms with Gasteiger partial charge in [0.05, 0.1) is 11.1 Å². The molecule has 0 amide bonds. The normalized spacial score (nSPS) is 17.6. The molecule has 1 unspecified atom stereocenters. The first-order valence-corrected chi connectivity index (χ1v) is 7.78. The topological polar surface area (TPSA) is 21.3 Å². The van der Waals surface area contributed by atoms with E-state index >= 15 is 0 Å². The summed E-state index contributed by atoms with van der Waals surface area (Å²) in [5.74, 6) is 0.833. The van der Waals surface area contributed by atoms with Crippen molar-refractivity contribution in [2.75, 3.05) is 6.54 Å². The largest absolute Gasteiger partial charge is 0.489 e. The van der Waals surface area contributed by atoms with E-state index < -0.39 is 0 Å². The summed E-state index contributed by atoms with van der Waals surface area (Å²) in [4.78, 5) is 0. The van der Waals surface area contributed by atoms with Gasteiger partial charge in [-0.05, 0) is 63.3 Å². The highest BCUT2D eigenvalue weighted by Crippen LogP contribution is 2.31. The van der Waals surface area contributed by atoms with Gasteiger partial charge in [-0.15, -0.1) is 0 Å². The van der Waals surface area contributed by atoms with Crippen LogP contribution >= 0.6 is 11.6 Å². The Kier molecular flexibility index (Phi) is 5.53. The maximum absolute atomic E-state index is 6.33. The summed E-state index contributed by atoms with van der Waals surface area (Å²) in [6.45, 7) is 5.36. The Labute approximate surface area is 121 Å². The molecule has 2 nitrogen and oxygen atoms in total. The fourth-order valence-electron chi connectivity index (χ4n) is 2.55. The average Bonchev–Trinajstić information content (AvgIpc) is 2.91. The standard InChI is InChI=1S/C16H24ClNO/c1-3-10-18-12(2)13-8-9-16(15(17)11-13)19-14-6-4-5-7-14/h8-9,11-12,14,18H,3-7,10H2,1-2H3. The Bertz CT molecular complexity index is 402. The van der Waals surface area contributed by atoms with E-state index in [0.29, 0.717) is 12.1 Å².